The van der Waals surface area contributed by atoms with Gasteiger partial charge in [-0.2, -0.15) is 0 Å². The number of aromatic nitrogens is 5. The van der Waals surface area contributed by atoms with E-state index < -0.39 is 11.2 Å². The van der Waals surface area contributed by atoms with Crippen molar-refractivity contribution < 1.29 is 0 Å². The molecule has 2 heterocycles. The Balaban J connectivity index is 2.09. The number of nitrogens with one attached hydrogen (secondary N) is 2. The second kappa shape index (κ2) is 6.55. The predicted molar refractivity (Wildman–Crippen MR) is 78.1 cm³/mol. The molecular weight excluding hydrogens is 274 g/mol. The van der Waals surface area contributed by atoms with Gasteiger partial charge in [0.05, 0.1) is 6.54 Å². The summed E-state index contributed by atoms with van der Waals surface area (Å²) in [5.74, 6) is 0.427. The van der Waals surface area contributed by atoms with E-state index in [1.165, 1.54) is 7.05 Å². The predicted octanol–water partition coefficient (Wildman–Crippen LogP) is -1.55. The van der Waals surface area contributed by atoms with Crippen molar-refractivity contribution in [1.29, 1.82) is 0 Å². The average Bonchev–Trinajstić information content (AvgIpc) is 2.45. The monoisotopic (exact) mass is 293 g/mol. The highest BCUT2D eigenvalue weighted by Crippen LogP contribution is 1.96. The van der Waals surface area contributed by atoms with Gasteiger partial charge in [0.1, 0.15) is 0 Å². The van der Waals surface area contributed by atoms with Crippen LogP contribution in [-0.2, 0) is 13.6 Å². The fourth-order valence-electron chi connectivity index (χ4n) is 1.82. The van der Waals surface area contributed by atoms with Crippen molar-refractivity contribution in [3.05, 3.63) is 26.7 Å². The summed E-state index contributed by atoms with van der Waals surface area (Å²) in [6, 6.07) is 0. The van der Waals surface area contributed by atoms with E-state index >= 15 is 0 Å². The maximum Gasteiger partial charge on any atom is 0.329 e. The molecule has 0 saturated carbocycles. The molecule has 114 valence electrons. The van der Waals surface area contributed by atoms with E-state index in [-0.39, 0.29) is 11.2 Å². The van der Waals surface area contributed by atoms with E-state index in [2.05, 4.69) is 30.4 Å². The lowest BCUT2D eigenvalue weighted by Crippen LogP contribution is -2.33. The van der Waals surface area contributed by atoms with E-state index in [1.54, 1.807) is 0 Å². The number of fused-ring (bicyclic) bond motifs is 1. The van der Waals surface area contributed by atoms with Gasteiger partial charge in [0.2, 0.25) is 0 Å². The van der Waals surface area contributed by atoms with Crippen LogP contribution >= 0.6 is 0 Å². The first-order chi connectivity index (χ1) is 9.99. The molecule has 9 nitrogen and oxygen atoms in total. The third kappa shape index (κ3) is 3.70. The number of H-pyrrole nitrogens is 1. The summed E-state index contributed by atoms with van der Waals surface area (Å²) >= 11 is 0. The molecule has 0 aliphatic heterocycles. The lowest BCUT2D eigenvalue weighted by Gasteiger charge is -2.09. The molecule has 2 aromatic heterocycles. The van der Waals surface area contributed by atoms with Crippen molar-refractivity contribution in [3.8, 4) is 0 Å². The largest absolute Gasteiger partial charge is 0.329 e. The molecule has 2 N–H and O–H groups in total. The Bertz CT molecular complexity index is 734. The molecule has 0 aromatic carbocycles. The molecule has 9 heteroatoms. The molecule has 0 bridgehead atoms. The van der Waals surface area contributed by atoms with E-state index in [1.807, 2.05) is 14.1 Å². The van der Waals surface area contributed by atoms with Gasteiger partial charge in [-0.1, -0.05) is 0 Å². The van der Waals surface area contributed by atoms with Crippen LogP contribution in [0.4, 0.5) is 0 Å². The van der Waals surface area contributed by atoms with Crippen molar-refractivity contribution in [1.82, 2.24) is 34.9 Å². The third-order valence-corrected chi connectivity index (χ3v) is 3.01. The molecule has 21 heavy (non-hydrogen) atoms. The number of nitrogens with zero attached hydrogens (tertiary/aromatic N) is 5. The summed E-state index contributed by atoms with van der Waals surface area (Å²) in [6.07, 6.45) is 1.00. The Labute approximate surface area is 121 Å². The van der Waals surface area contributed by atoms with E-state index in [4.69, 9.17) is 0 Å². The minimum atomic E-state index is -0.529. The quantitative estimate of drug-likeness (QED) is 0.621. The minimum absolute atomic E-state index is 0.111. The molecule has 2 aromatic rings. The first-order valence-electron chi connectivity index (χ1n) is 6.67. The van der Waals surface area contributed by atoms with Crippen LogP contribution in [0.25, 0.3) is 11.2 Å². The van der Waals surface area contributed by atoms with Crippen LogP contribution in [0, 0.1) is 0 Å². The van der Waals surface area contributed by atoms with Crippen molar-refractivity contribution >= 4 is 11.2 Å². The van der Waals surface area contributed by atoms with Crippen molar-refractivity contribution in [3.63, 3.8) is 0 Å². The van der Waals surface area contributed by atoms with Crippen LogP contribution in [0.15, 0.2) is 9.59 Å². The SMILES string of the molecule is CN(C)CCCNCc1nnc2[nH]c(=O)n(C)c(=O)c2n1. The van der Waals surface area contributed by atoms with Gasteiger partial charge in [-0.15, -0.1) is 10.2 Å². The van der Waals surface area contributed by atoms with Gasteiger partial charge < -0.3 is 10.2 Å². The smallest absolute Gasteiger partial charge is 0.310 e. The van der Waals surface area contributed by atoms with Gasteiger partial charge in [-0.3, -0.25) is 14.3 Å². The summed E-state index contributed by atoms with van der Waals surface area (Å²) < 4.78 is 0.964. The average molecular weight is 293 g/mol. The van der Waals surface area contributed by atoms with Gasteiger partial charge >= 0.3 is 5.69 Å². The summed E-state index contributed by atoms with van der Waals surface area (Å²) in [7, 11) is 5.43. The Morgan fingerprint density at radius 1 is 1.29 bits per heavy atom. The fourth-order valence-corrected chi connectivity index (χ4v) is 1.82. The first kappa shape index (κ1) is 15.3. The molecule has 0 fully saturated rings. The van der Waals surface area contributed by atoms with Crippen LogP contribution < -0.4 is 16.6 Å². The summed E-state index contributed by atoms with van der Waals surface area (Å²) in [5.41, 5.74) is -0.771. The lowest BCUT2D eigenvalue weighted by atomic mass is 10.4. The number of rotatable bonds is 6. The zero-order chi connectivity index (χ0) is 15.4. The van der Waals surface area contributed by atoms with Gasteiger partial charge in [-0.25, -0.2) is 9.78 Å². The first-order valence-corrected chi connectivity index (χ1v) is 6.67. The second-order valence-electron chi connectivity index (χ2n) is 5.05. The molecule has 0 saturated heterocycles. The fraction of sp³-hybridized carbons (Fsp3) is 0.583. The second-order valence-corrected chi connectivity index (χ2v) is 5.05. The minimum Gasteiger partial charge on any atom is -0.310 e. The highest BCUT2D eigenvalue weighted by atomic mass is 16.2. The van der Waals surface area contributed by atoms with Crippen molar-refractivity contribution in [2.24, 2.45) is 7.05 Å². The molecule has 0 aliphatic rings. The van der Waals surface area contributed by atoms with Gasteiger partial charge in [0, 0.05) is 7.05 Å². The molecule has 0 amide bonds. The zero-order valence-corrected chi connectivity index (χ0v) is 12.4. The Morgan fingerprint density at radius 2 is 2.05 bits per heavy atom. The zero-order valence-electron chi connectivity index (χ0n) is 12.4. The van der Waals surface area contributed by atoms with E-state index in [0.29, 0.717) is 12.4 Å². The molecule has 0 aliphatic carbocycles. The van der Waals surface area contributed by atoms with Crippen molar-refractivity contribution in [2.45, 2.75) is 13.0 Å². The molecular formula is C12H19N7O2. The van der Waals surface area contributed by atoms with Crippen LogP contribution in [0.5, 0.6) is 0 Å². The lowest BCUT2D eigenvalue weighted by molar-refractivity contribution is 0.393. The van der Waals surface area contributed by atoms with Crippen LogP contribution in [0.2, 0.25) is 0 Å². The maximum atomic E-state index is 11.9. The highest BCUT2D eigenvalue weighted by Gasteiger charge is 2.09. The molecule has 0 radical (unpaired) electrons. The molecule has 0 atom stereocenters. The van der Waals surface area contributed by atoms with E-state index in [0.717, 1.165) is 24.1 Å². The normalized spacial score (nSPS) is 11.4. The highest BCUT2D eigenvalue weighted by molar-refractivity contribution is 5.66. The van der Waals surface area contributed by atoms with Crippen LogP contribution in [-0.4, -0.2) is 56.8 Å². The number of hydrogen-bond acceptors (Lipinski definition) is 7. The van der Waals surface area contributed by atoms with Gasteiger partial charge in [0.15, 0.2) is 17.0 Å². The van der Waals surface area contributed by atoms with Gasteiger partial charge in [-0.05, 0) is 33.6 Å². The number of aromatic amines is 1. The summed E-state index contributed by atoms with van der Waals surface area (Å²) in [4.78, 5) is 32.1. The van der Waals surface area contributed by atoms with Crippen LogP contribution in [0.3, 0.4) is 0 Å². The Kier molecular flexibility index (Phi) is 4.76. The van der Waals surface area contributed by atoms with Crippen LogP contribution in [0.1, 0.15) is 12.2 Å². The third-order valence-electron chi connectivity index (χ3n) is 3.01. The maximum absolute atomic E-state index is 11.9. The molecule has 0 spiro atoms. The number of hydrogen-bond donors (Lipinski definition) is 2. The van der Waals surface area contributed by atoms with Gasteiger partial charge in [0.25, 0.3) is 5.56 Å². The Morgan fingerprint density at radius 3 is 2.76 bits per heavy atom. The summed E-state index contributed by atoms with van der Waals surface area (Å²) in [5, 5.41) is 10.9. The van der Waals surface area contributed by atoms with Crippen molar-refractivity contribution in [2.75, 3.05) is 27.2 Å². The molecule has 0 unspecified atom stereocenters. The standard InChI is InChI=1S/C12H19N7O2/c1-18(2)6-4-5-13-7-8-14-9-10(17-16-8)15-12(21)19(3)11(9)20/h13H,4-7H2,1-3H3,(H,15,17,21). The molecule has 2 rings (SSSR count). The topological polar surface area (TPSA) is 109 Å². The van der Waals surface area contributed by atoms with E-state index in [9.17, 15) is 9.59 Å². The summed E-state index contributed by atoms with van der Waals surface area (Å²) in [6.45, 7) is 2.24. The Hall–Kier alpha value is -2.13.